The molecule has 1 atom stereocenters. The zero-order chi connectivity index (χ0) is 17.3. The fourth-order valence-electron chi connectivity index (χ4n) is 3.60. The van der Waals surface area contributed by atoms with Gasteiger partial charge < -0.3 is 9.47 Å². The molecule has 0 radical (unpaired) electrons. The summed E-state index contributed by atoms with van der Waals surface area (Å²) in [6.45, 7) is 5.14. The molecule has 0 bridgehead atoms. The summed E-state index contributed by atoms with van der Waals surface area (Å²) in [7, 11) is 3.61. The minimum Gasteiger partial charge on any atom is -0.349 e. The Bertz CT molecular complexity index is 740. The summed E-state index contributed by atoms with van der Waals surface area (Å²) in [6, 6.07) is 5.08. The highest BCUT2D eigenvalue weighted by atomic mass is 19.1. The van der Waals surface area contributed by atoms with Gasteiger partial charge in [0, 0.05) is 27.2 Å². The minimum absolute atomic E-state index is 0.0462. The lowest BCUT2D eigenvalue weighted by Gasteiger charge is -2.33. The normalized spacial score (nSPS) is 18.9. The second-order valence-corrected chi connectivity index (χ2v) is 6.69. The van der Waals surface area contributed by atoms with Crippen molar-refractivity contribution in [2.75, 3.05) is 27.2 Å². The average molecular weight is 332 g/mol. The topological polar surface area (TPSA) is 41.4 Å². The molecule has 2 aromatic rings. The van der Waals surface area contributed by atoms with E-state index in [0.29, 0.717) is 12.1 Å². The standard InChI is InChI=1S/C18H25FN4O/c1-4-23-15-9-5-8-14(19)17(15)20-16(23)12-22-10-6-7-13(11-22)18(24)21(2)3/h5,8-9,13H,4,6-7,10-12H2,1-3H3/t13-/m0/s1. The smallest absolute Gasteiger partial charge is 0.226 e. The van der Waals surface area contributed by atoms with Gasteiger partial charge in [0.05, 0.1) is 18.0 Å². The van der Waals surface area contributed by atoms with Crippen molar-refractivity contribution in [2.45, 2.75) is 32.9 Å². The van der Waals surface area contributed by atoms with E-state index in [4.69, 9.17) is 0 Å². The highest BCUT2D eigenvalue weighted by Crippen LogP contribution is 2.23. The molecule has 1 aromatic carbocycles. The molecule has 1 fully saturated rings. The molecule has 1 amide bonds. The van der Waals surface area contributed by atoms with E-state index in [9.17, 15) is 9.18 Å². The predicted molar refractivity (Wildman–Crippen MR) is 92.1 cm³/mol. The van der Waals surface area contributed by atoms with Gasteiger partial charge in [-0.25, -0.2) is 9.37 Å². The second kappa shape index (κ2) is 6.89. The zero-order valence-electron chi connectivity index (χ0n) is 14.6. The molecule has 24 heavy (non-hydrogen) atoms. The Morgan fingerprint density at radius 1 is 1.42 bits per heavy atom. The Morgan fingerprint density at radius 3 is 2.92 bits per heavy atom. The Labute approximate surface area is 142 Å². The van der Waals surface area contributed by atoms with Gasteiger partial charge in [-0.2, -0.15) is 0 Å². The quantitative estimate of drug-likeness (QED) is 0.864. The molecule has 0 unspecified atom stereocenters. The van der Waals surface area contributed by atoms with E-state index < -0.39 is 0 Å². The SMILES string of the molecule is CCn1c(CN2CCC[C@H](C(=O)N(C)C)C2)nc2c(F)cccc21. The van der Waals surface area contributed by atoms with Crippen LogP contribution in [-0.4, -0.2) is 52.4 Å². The third-order valence-corrected chi connectivity index (χ3v) is 4.79. The number of piperidine rings is 1. The number of nitrogens with zero attached hydrogens (tertiary/aromatic N) is 4. The second-order valence-electron chi connectivity index (χ2n) is 6.69. The molecule has 1 aliphatic rings. The molecule has 0 aliphatic carbocycles. The van der Waals surface area contributed by atoms with Gasteiger partial charge in [0.15, 0.2) is 5.82 Å². The van der Waals surface area contributed by atoms with Crippen LogP contribution in [-0.2, 0) is 17.9 Å². The number of para-hydroxylation sites is 1. The third-order valence-electron chi connectivity index (χ3n) is 4.79. The maximum atomic E-state index is 14.0. The largest absolute Gasteiger partial charge is 0.349 e. The van der Waals surface area contributed by atoms with Crippen molar-refractivity contribution in [3.63, 3.8) is 0 Å². The van der Waals surface area contributed by atoms with Gasteiger partial charge >= 0.3 is 0 Å². The first-order chi connectivity index (χ1) is 11.5. The summed E-state index contributed by atoms with van der Waals surface area (Å²) in [6.07, 6.45) is 1.94. The molecular weight excluding hydrogens is 307 g/mol. The van der Waals surface area contributed by atoms with E-state index in [0.717, 1.165) is 43.8 Å². The van der Waals surface area contributed by atoms with Crippen LogP contribution in [0.1, 0.15) is 25.6 Å². The Morgan fingerprint density at radius 2 is 2.21 bits per heavy atom. The van der Waals surface area contributed by atoms with Crippen molar-refractivity contribution < 1.29 is 9.18 Å². The summed E-state index contributed by atoms with van der Waals surface area (Å²) >= 11 is 0. The van der Waals surface area contributed by atoms with Gasteiger partial charge in [-0.15, -0.1) is 0 Å². The number of aromatic nitrogens is 2. The number of hydrogen-bond donors (Lipinski definition) is 0. The van der Waals surface area contributed by atoms with Crippen LogP contribution in [0.2, 0.25) is 0 Å². The molecule has 0 N–H and O–H groups in total. The van der Waals surface area contributed by atoms with Crippen molar-refractivity contribution >= 4 is 16.9 Å². The highest BCUT2D eigenvalue weighted by Gasteiger charge is 2.27. The highest BCUT2D eigenvalue weighted by molar-refractivity contribution is 5.78. The monoisotopic (exact) mass is 332 g/mol. The number of benzene rings is 1. The molecule has 6 heteroatoms. The van der Waals surface area contributed by atoms with E-state index in [1.807, 2.05) is 13.0 Å². The summed E-state index contributed by atoms with van der Waals surface area (Å²) in [4.78, 5) is 20.7. The number of amides is 1. The van der Waals surface area contributed by atoms with Crippen molar-refractivity contribution in [3.05, 3.63) is 29.8 Å². The van der Waals surface area contributed by atoms with Crippen molar-refractivity contribution in [1.29, 1.82) is 0 Å². The molecule has 1 saturated heterocycles. The van der Waals surface area contributed by atoms with Gasteiger partial charge in [0.1, 0.15) is 11.3 Å². The number of fused-ring (bicyclic) bond motifs is 1. The summed E-state index contributed by atoms with van der Waals surface area (Å²) in [5, 5.41) is 0. The van der Waals surface area contributed by atoms with Crippen LogP contribution in [0.3, 0.4) is 0 Å². The van der Waals surface area contributed by atoms with Crippen LogP contribution in [0, 0.1) is 11.7 Å². The lowest BCUT2D eigenvalue weighted by Crippen LogP contribution is -2.42. The van der Waals surface area contributed by atoms with Crippen LogP contribution in [0.5, 0.6) is 0 Å². The molecule has 2 heterocycles. The van der Waals surface area contributed by atoms with Crippen LogP contribution in [0.15, 0.2) is 18.2 Å². The molecule has 130 valence electrons. The van der Waals surface area contributed by atoms with Crippen LogP contribution >= 0.6 is 0 Å². The molecule has 3 rings (SSSR count). The summed E-state index contributed by atoms with van der Waals surface area (Å²) in [5.74, 6) is 0.829. The maximum Gasteiger partial charge on any atom is 0.226 e. The number of aryl methyl sites for hydroxylation is 1. The lowest BCUT2D eigenvalue weighted by atomic mass is 9.97. The van der Waals surface area contributed by atoms with Crippen molar-refractivity contribution in [1.82, 2.24) is 19.4 Å². The number of halogens is 1. The van der Waals surface area contributed by atoms with Gasteiger partial charge in [-0.1, -0.05) is 6.07 Å². The number of carbonyl (C=O) groups is 1. The Hall–Kier alpha value is -1.95. The molecule has 1 aliphatic heterocycles. The van der Waals surface area contributed by atoms with Crippen molar-refractivity contribution in [3.8, 4) is 0 Å². The Kier molecular flexibility index (Phi) is 4.85. The van der Waals surface area contributed by atoms with Crippen LogP contribution in [0.25, 0.3) is 11.0 Å². The van der Waals surface area contributed by atoms with Gasteiger partial charge in [0.25, 0.3) is 0 Å². The number of carbonyl (C=O) groups excluding carboxylic acids is 1. The summed E-state index contributed by atoms with van der Waals surface area (Å²) < 4.78 is 16.1. The first-order valence-electron chi connectivity index (χ1n) is 8.58. The van der Waals surface area contributed by atoms with Crippen molar-refractivity contribution in [2.24, 2.45) is 5.92 Å². The minimum atomic E-state index is -0.278. The van der Waals surface area contributed by atoms with Crippen LogP contribution in [0.4, 0.5) is 4.39 Å². The first kappa shape index (κ1) is 16.9. The van der Waals surface area contributed by atoms with Gasteiger partial charge in [-0.05, 0) is 38.4 Å². The van der Waals surface area contributed by atoms with E-state index in [1.54, 1.807) is 25.1 Å². The third kappa shape index (κ3) is 3.15. The number of imidazole rings is 1. The average Bonchev–Trinajstić information content (AvgIpc) is 2.93. The zero-order valence-corrected chi connectivity index (χ0v) is 14.6. The van der Waals surface area contributed by atoms with E-state index >= 15 is 0 Å². The van der Waals surface area contributed by atoms with Gasteiger partial charge in [0.2, 0.25) is 5.91 Å². The van der Waals surface area contributed by atoms with Crippen LogP contribution < -0.4 is 0 Å². The summed E-state index contributed by atoms with van der Waals surface area (Å²) in [5.41, 5.74) is 1.28. The number of likely N-dealkylation sites (tertiary alicyclic amines) is 1. The van der Waals surface area contributed by atoms with E-state index in [1.165, 1.54) is 6.07 Å². The number of rotatable bonds is 4. The Balaban J connectivity index is 1.82. The maximum absolute atomic E-state index is 14.0. The fourth-order valence-corrected chi connectivity index (χ4v) is 3.60. The van der Waals surface area contributed by atoms with Gasteiger partial charge in [-0.3, -0.25) is 9.69 Å². The fraction of sp³-hybridized carbons (Fsp3) is 0.556. The molecule has 0 saturated carbocycles. The molecule has 1 aromatic heterocycles. The van der Waals surface area contributed by atoms with E-state index in [2.05, 4.69) is 14.5 Å². The molecule has 0 spiro atoms. The van der Waals surface area contributed by atoms with E-state index in [-0.39, 0.29) is 17.6 Å². The number of hydrogen-bond acceptors (Lipinski definition) is 3. The first-order valence-corrected chi connectivity index (χ1v) is 8.58. The molecule has 5 nitrogen and oxygen atoms in total. The lowest BCUT2D eigenvalue weighted by molar-refractivity contribution is -0.134. The predicted octanol–water partition coefficient (Wildman–Crippen LogP) is 2.50. The molecular formula is C18H25FN4O.